The lowest BCUT2D eigenvalue weighted by atomic mass is 10.1. The number of benzene rings is 3. The summed E-state index contributed by atoms with van der Waals surface area (Å²) in [6.45, 7) is 1.79. The Morgan fingerprint density at radius 1 is 1.03 bits per heavy atom. The summed E-state index contributed by atoms with van der Waals surface area (Å²) in [5, 5.41) is 2.82. The van der Waals surface area contributed by atoms with E-state index in [2.05, 4.69) is 5.32 Å². The zero-order valence-electron chi connectivity index (χ0n) is 18.3. The van der Waals surface area contributed by atoms with Crippen LogP contribution in [0.25, 0.3) is 0 Å². The minimum absolute atomic E-state index is 0.0111. The number of hydrogen-bond donors (Lipinski definition) is 1. The van der Waals surface area contributed by atoms with Crippen LogP contribution in [0.2, 0.25) is 0 Å². The lowest BCUT2D eigenvalue weighted by Crippen LogP contribution is -2.35. The lowest BCUT2D eigenvalue weighted by Gasteiger charge is -2.24. The second-order valence-corrected chi connectivity index (χ2v) is 9.49. The number of hydrogen-bond acceptors (Lipinski definition) is 5. The number of sulfonamides is 1. The van der Waals surface area contributed by atoms with Crippen molar-refractivity contribution in [2.24, 2.45) is 0 Å². The SMILES string of the molecule is COc1ccc(NC(=O)c2ccc3c(c2)C[C@H](C)N3S(=O)(=O)c2ccc(F)cc2)c(OC)c1. The summed E-state index contributed by atoms with van der Waals surface area (Å²) in [6.07, 6.45) is 0.447. The highest BCUT2D eigenvalue weighted by molar-refractivity contribution is 7.92. The molecule has 0 aliphatic carbocycles. The van der Waals surface area contributed by atoms with Gasteiger partial charge in [0.1, 0.15) is 17.3 Å². The monoisotopic (exact) mass is 470 g/mol. The number of anilines is 2. The van der Waals surface area contributed by atoms with Gasteiger partial charge < -0.3 is 14.8 Å². The van der Waals surface area contributed by atoms with Crippen molar-refractivity contribution < 1.29 is 27.1 Å². The molecule has 172 valence electrons. The van der Waals surface area contributed by atoms with Gasteiger partial charge in [-0.2, -0.15) is 0 Å². The molecule has 3 aromatic rings. The van der Waals surface area contributed by atoms with Gasteiger partial charge in [-0.05, 0) is 73.5 Å². The molecule has 1 atom stereocenters. The number of nitrogens with one attached hydrogen (secondary N) is 1. The highest BCUT2D eigenvalue weighted by Crippen LogP contribution is 2.37. The van der Waals surface area contributed by atoms with E-state index in [1.807, 2.05) is 0 Å². The molecule has 0 spiro atoms. The fourth-order valence-electron chi connectivity index (χ4n) is 3.93. The van der Waals surface area contributed by atoms with Crippen LogP contribution in [0.5, 0.6) is 11.5 Å². The molecule has 1 amide bonds. The van der Waals surface area contributed by atoms with Crippen LogP contribution in [0.4, 0.5) is 15.8 Å². The molecule has 9 heteroatoms. The van der Waals surface area contributed by atoms with Gasteiger partial charge in [0.2, 0.25) is 0 Å². The van der Waals surface area contributed by atoms with Gasteiger partial charge in [-0.15, -0.1) is 0 Å². The number of nitrogens with zero attached hydrogens (tertiary/aromatic N) is 1. The van der Waals surface area contributed by atoms with E-state index in [9.17, 15) is 17.6 Å². The highest BCUT2D eigenvalue weighted by atomic mass is 32.2. The Kier molecular flexibility index (Phi) is 5.99. The molecule has 1 N–H and O–H groups in total. The normalized spacial score (nSPS) is 15.2. The Hall–Kier alpha value is -3.59. The van der Waals surface area contributed by atoms with E-state index in [4.69, 9.17) is 9.47 Å². The summed E-state index contributed by atoms with van der Waals surface area (Å²) in [7, 11) is -0.840. The molecule has 3 aromatic carbocycles. The van der Waals surface area contributed by atoms with Crippen LogP contribution < -0.4 is 19.1 Å². The smallest absolute Gasteiger partial charge is 0.264 e. The fraction of sp³-hybridized carbons (Fsp3) is 0.208. The Labute approximate surface area is 191 Å². The first kappa shape index (κ1) is 22.6. The summed E-state index contributed by atoms with van der Waals surface area (Å²) in [4.78, 5) is 12.9. The zero-order chi connectivity index (χ0) is 23.8. The molecule has 4 rings (SSSR count). The predicted molar refractivity (Wildman–Crippen MR) is 123 cm³/mol. The Balaban J connectivity index is 1.61. The summed E-state index contributed by atoms with van der Waals surface area (Å²) >= 11 is 0. The first-order valence-electron chi connectivity index (χ1n) is 10.2. The molecule has 1 heterocycles. The number of rotatable bonds is 6. The average molecular weight is 471 g/mol. The molecular weight excluding hydrogens is 447 g/mol. The van der Waals surface area contributed by atoms with E-state index in [1.165, 1.54) is 30.7 Å². The van der Waals surface area contributed by atoms with E-state index in [0.717, 1.165) is 17.7 Å². The molecule has 33 heavy (non-hydrogen) atoms. The second kappa shape index (κ2) is 8.74. The first-order valence-corrected chi connectivity index (χ1v) is 11.6. The Morgan fingerprint density at radius 3 is 2.42 bits per heavy atom. The molecule has 7 nitrogen and oxygen atoms in total. The minimum atomic E-state index is -3.88. The Morgan fingerprint density at radius 2 is 1.76 bits per heavy atom. The number of carbonyl (C=O) groups excluding carboxylic acids is 1. The van der Waals surface area contributed by atoms with Crippen molar-refractivity contribution in [3.63, 3.8) is 0 Å². The fourth-order valence-corrected chi connectivity index (χ4v) is 5.62. The van der Waals surface area contributed by atoms with Crippen molar-refractivity contribution in [1.82, 2.24) is 0 Å². The number of halogens is 1. The standard InChI is InChI=1S/C24H23FN2O5S/c1-15-12-17-13-16(24(28)26-21-10-7-19(31-2)14-23(21)32-3)4-11-22(17)27(15)33(29,30)20-8-5-18(25)6-9-20/h4-11,13-15H,12H2,1-3H3,(H,26,28)/t15-/m0/s1. The van der Waals surface area contributed by atoms with E-state index >= 15 is 0 Å². The van der Waals surface area contributed by atoms with E-state index in [0.29, 0.717) is 34.9 Å². The summed E-state index contributed by atoms with van der Waals surface area (Å²) in [6, 6.07) is 14.3. The predicted octanol–water partition coefficient (Wildman–Crippen LogP) is 4.24. The van der Waals surface area contributed by atoms with Gasteiger partial charge >= 0.3 is 0 Å². The average Bonchev–Trinajstić information content (AvgIpc) is 3.15. The van der Waals surface area contributed by atoms with Crippen molar-refractivity contribution in [1.29, 1.82) is 0 Å². The lowest BCUT2D eigenvalue weighted by molar-refractivity contribution is 0.102. The van der Waals surface area contributed by atoms with Crippen LogP contribution in [-0.4, -0.2) is 34.6 Å². The molecule has 1 aliphatic rings. The van der Waals surface area contributed by atoms with Crippen LogP contribution in [0, 0.1) is 5.82 Å². The highest BCUT2D eigenvalue weighted by Gasteiger charge is 2.36. The van der Waals surface area contributed by atoms with Gasteiger partial charge in [-0.1, -0.05) is 0 Å². The van der Waals surface area contributed by atoms with Crippen LogP contribution in [-0.2, 0) is 16.4 Å². The quantitative estimate of drug-likeness (QED) is 0.583. The first-order chi connectivity index (χ1) is 15.7. The second-order valence-electron chi connectivity index (χ2n) is 7.67. The molecule has 0 fully saturated rings. The van der Waals surface area contributed by atoms with Crippen LogP contribution in [0.15, 0.2) is 65.6 Å². The van der Waals surface area contributed by atoms with Crippen molar-refractivity contribution in [2.75, 3.05) is 23.8 Å². The summed E-state index contributed by atoms with van der Waals surface area (Å²) < 4.78 is 51.5. The van der Waals surface area contributed by atoms with Gasteiger partial charge in [-0.3, -0.25) is 9.10 Å². The van der Waals surface area contributed by atoms with E-state index < -0.39 is 15.8 Å². The molecule has 0 saturated carbocycles. The largest absolute Gasteiger partial charge is 0.497 e. The molecule has 0 aromatic heterocycles. The van der Waals surface area contributed by atoms with Crippen LogP contribution in [0.3, 0.4) is 0 Å². The summed E-state index contributed by atoms with van der Waals surface area (Å²) in [5.74, 6) is 0.189. The number of ether oxygens (including phenoxy) is 2. The molecule has 0 saturated heterocycles. The van der Waals surface area contributed by atoms with Gasteiger partial charge in [0.25, 0.3) is 15.9 Å². The van der Waals surface area contributed by atoms with Gasteiger partial charge in [-0.25, -0.2) is 12.8 Å². The maximum Gasteiger partial charge on any atom is 0.264 e. The van der Waals surface area contributed by atoms with Crippen LogP contribution in [0.1, 0.15) is 22.8 Å². The minimum Gasteiger partial charge on any atom is -0.497 e. The molecule has 0 radical (unpaired) electrons. The van der Waals surface area contributed by atoms with E-state index in [1.54, 1.807) is 43.3 Å². The number of fused-ring (bicyclic) bond motifs is 1. The van der Waals surface area contributed by atoms with Crippen LogP contribution >= 0.6 is 0 Å². The maximum absolute atomic E-state index is 13.3. The third-order valence-electron chi connectivity index (χ3n) is 5.52. The van der Waals surface area contributed by atoms with Crippen molar-refractivity contribution in [3.8, 4) is 11.5 Å². The zero-order valence-corrected chi connectivity index (χ0v) is 19.1. The third kappa shape index (κ3) is 4.23. The molecule has 0 bridgehead atoms. The van der Waals surface area contributed by atoms with E-state index in [-0.39, 0.29) is 16.8 Å². The summed E-state index contributed by atoms with van der Waals surface area (Å²) in [5.41, 5.74) is 2.12. The third-order valence-corrected chi connectivity index (χ3v) is 7.46. The number of amides is 1. The molecule has 1 aliphatic heterocycles. The van der Waals surface area contributed by atoms with Gasteiger partial charge in [0, 0.05) is 17.7 Å². The molecule has 0 unspecified atom stereocenters. The maximum atomic E-state index is 13.3. The van der Waals surface area contributed by atoms with Gasteiger partial charge in [0.05, 0.1) is 30.5 Å². The van der Waals surface area contributed by atoms with Crippen molar-refractivity contribution in [3.05, 3.63) is 77.6 Å². The topological polar surface area (TPSA) is 84.9 Å². The van der Waals surface area contributed by atoms with Crippen molar-refractivity contribution in [2.45, 2.75) is 24.3 Å². The molecular formula is C24H23FN2O5S. The number of carbonyl (C=O) groups is 1. The van der Waals surface area contributed by atoms with Gasteiger partial charge in [0.15, 0.2) is 0 Å². The number of methoxy groups -OCH3 is 2. The van der Waals surface area contributed by atoms with Crippen molar-refractivity contribution >= 4 is 27.3 Å². The Bertz CT molecular complexity index is 1310.